The number of guanidine groups is 1. The molecule has 0 spiro atoms. The van der Waals surface area contributed by atoms with Gasteiger partial charge in [-0.3, -0.25) is 4.79 Å². The number of nitrogens with one attached hydrogen (secondary N) is 2. The number of anilines is 1. The van der Waals surface area contributed by atoms with Gasteiger partial charge < -0.3 is 36.3 Å². The van der Waals surface area contributed by atoms with Crippen molar-refractivity contribution in [3.63, 3.8) is 0 Å². The molecule has 2 rings (SSSR count). The summed E-state index contributed by atoms with van der Waals surface area (Å²) in [5.41, 5.74) is 12.6. The molecule has 0 heterocycles. The summed E-state index contributed by atoms with van der Waals surface area (Å²) in [6.45, 7) is 3.39. The fourth-order valence-electron chi connectivity index (χ4n) is 3.01. The first-order valence-electron chi connectivity index (χ1n) is 10.4. The lowest BCUT2D eigenvalue weighted by Gasteiger charge is -2.19. The molecule has 0 aliphatic rings. The lowest BCUT2D eigenvalue weighted by Crippen LogP contribution is -2.44. The lowest BCUT2D eigenvalue weighted by molar-refractivity contribution is -0.143. The van der Waals surface area contributed by atoms with Crippen LogP contribution >= 0.6 is 0 Å². The van der Waals surface area contributed by atoms with E-state index >= 15 is 0 Å². The number of amides is 2. The van der Waals surface area contributed by atoms with Gasteiger partial charge in [-0.15, -0.1) is 0 Å². The Balaban J connectivity index is 2.19. The number of carbonyl (C=O) groups is 3. The average Bonchev–Trinajstić information content (AvgIpc) is 2.78. The zero-order valence-electron chi connectivity index (χ0n) is 19.5. The number of alkyl carbamates (subject to hydrolysis) is 1. The number of benzene rings is 2. The van der Waals surface area contributed by atoms with E-state index < -0.39 is 18.1 Å². The monoisotopic (exact) mass is 471 g/mol. The molecule has 11 heteroatoms. The topological polar surface area (TPSA) is 167 Å². The van der Waals surface area contributed by atoms with Gasteiger partial charge in [0.1, 0.15) is 11.8 Å². The maximum absolute atomic E-state index is 12.7. The second kappa shape index (κ2) is 12.1. The highest BCUT2D eigenvalue weighted by Crippen LogP contribution is 2.25. The lowest BCUT2D eigenvalue weighted by atomic mass is 10.0. The summed E-state index contributed by atoms with van der Waals surface area (Å²) in [5, 5.41) is 5.27. The molecular weight excluding hydrogens is 442 g/mol. The summed E-state index contributed by atoms with van der Waals surface area (Å²) in [7, 11) is 2.68. The summed E-state index contributed by atoms with van der Waals surface area (Å²) in [6, 6.07) is 10.4. The number of ether oxygens (including phenoxy) is 3. The molecule has 0 saturated carbocycles. The van der Waals surface area contributed by atoms with Crippen molar-refractivity contribution in [3.05, 3.63) is 53.6 Å². The minimum atomic E-state index is -0.996. The third-order valence-electron chi connectivity index (χ3n) is 4.46. The van der Waals surface area contributed by atoms with Gasteiger partial charge in [0.2, 0.25) is 0 Å². The van der Waals surface area contributed by atoms with E-state index in [9.17, 15) is 14.4 Å². The number of nitrogens with two attached hydrogens (primary N) is 2. The molecule has 2 aromatic carbocycles. The van der Waals surface area contributed by atoms with E-state index in [-0.39, 0.29) is 24.4 Å². The Labute approximate surface area is 197 Å². The molecule has 2 amide bonds. The molecule has 2 aromatic rings. The number of esters is 1. The number of aliphatic imine (C=N–C) groups is 1. The van der Waals surface area contributed by atoms with Gasteiger partial charge in [0, 0.05) is 23.7 Å². The SMILES string of the molecule is COC(=O)C(Cc1ccc(NC(=O)c2cccc(N=C(N)N)c2)cc1OC)NC(=O)OC(C)C. The Morgan fingerprint density at radius 1 is 1.06 bits per heavy atom. The van der Waals surface area contributed by atoms with E-state index in [0.29, 0.717) is 28.3 Å². The number of methoxy groups -OCH3 is 2. The third kappa shape index (κ3) is 7.69. The molecule has 0 aliphatic carbocycles. The highest BCUT2D eigenvalue weighted by molar-refractivity contribution is 6.05. The van der Waals surface area contributed by atoms with E-state index in [2.05, 4.69) is 15.6 Å². The Morgan fingerprint density at radius 3 is 2.41 bits per heavy atom. The van der Waals surface area contributed by atoms with Gasteiger partial charge in [-0.25, -0.2) is 14.6 Å². The van der Waals surface area contributed by atoms with Crippen molar-refractivity contribution in [2.75, 3.05) is 19.5 Å². The maximum atomic E-state index is 12.7. The van der Waals surface area contributed by atoms with Crippen LogP contribution < -0.4 is 26.8 Å². The molecule has 0 aromatic heterocycles. The van der Waals surface area contributed by atoms with Crippen LogP contribution in [0.15, 0.2) is 47.5 Å². The van der Waals surface area contributed by atoms with Crippen molar-refractivity contribution in [1.82, 2.24) is 5.32 Å². The second-order valence-electron chi connectivity index (χ2n) is 7.45. The van der Waals surface area contributed by atoms with Gasteiger partial charge in [-0.1, -0.05) is 12.1 Å². The van der Waals surface area contributed by atoms with Crippen molar-refractivity contribution >= 4 is 35.3 Å². The van der Waals surface area contributed by atoms with Gasteiger partial charge in [0.25, 0.3) is 5.91 Å². The van der Waals surface area contributed by atoms with E-state index in [1.54, 1.807) is 56.3 Å². The van der Waals surface area contributed by atoms with Crippen molar-refractivity contribution < 1.29 is 28.6 Å². The van der Waals surface area contributed by atoms with Crippen LogP contribution in [0.25, 0.3) is 0 Å². The van der Waals surface area contributed by atoms with E-state index in [4.69, 9.17) is 25.7 Å². The standard InChI is InChI=1S/C23H29N5O6/c1-13(2)34-23(31)28-18(21(30)33-4)11-14-8-9-17(12-19(14)32-3)26-20(29)15-6-5-7-16(10-15)27-22(24)25/h5-10,12-13,18H,11H2,1-4H3,(H,26,29)(H,28,31)(H4,24,25,27). The zero-order valence-corrected chi connectivity index (χ0v) is 19.5. The van der Waals surface area contributed by atoms with Crippen molar-refractivity contribution in [1.29, 1.82) is 0 Å². The van der Waals surface area contributed by atoms with Crippen LogP contribution in [0.3, 0.4) is 0 Å². The van der Waals surface area contributed by atoms with Crippen LogP contribution in [0.2, 0.25) is 0 Å². The quantitative estimate of drug-likeness (QED) is 0.245. The fourth-order valence-corrected chi connectivity index (χ4v) is 3.01. The molecule has 0 bridgehead atoms. The van der Waals surface area contributed by atoms with Crippen LogP contribution in [0, 0.1) is 0 Å². The molecule has 182 valence electrons. The third-order valence-corrected chi connectivity index (χ3v) is 4.46. The molecule has 0 radical (unpaired) electrons. The van der Waals surface area contributed by atoms with Crippen molar-refractivity contribution in [2.45, 2.75) is 32.4 Å². The van der Waals surface area contributed by atoms with Gasteiger partial charge in [-0.05, 0) is 43.7 Å². The average molecular weight is 472 g/mol. The van der Waals surface area contributed by atoms with Crippen LogP contribution in [-0.4, -0.2) is 50.3 Å². The largest absolute Gasteiger partial charge is 0.496 e. The molecule has 6 N–H and O–H groups in total. The molecule has 0 fully saturated rings. The van der Waals surface area contributed by atoms with E-state index in [0.717, 1.165) is 0 Å². The highest BCUT2D eigenvalue weighted by atomic mass is 16.6. The summed E-state index contributed by atoms with van der Waals surface area (Å²) >= 11 is 0. The molecule has 1 atom stereocenters. The molecule has 0 aliphatic heterocycles. The number of hydrogen-bond acceptors (Lipinski definition) is 7. The number of hydrogen-bond donors (Lipinski definition) is 4. The Morgan fingerprint density at radius 2 is 1.79 bits per heavy atom. The Kier molecular flexibility index (Phi) is 9.24. The number of carbonyl (C=O) groups excluding carboxylic acids is 3. The number of rotatable bonds is 9. The first-order chi connectivity index (χ1) is 16.1. The summed E-state index contributed by atoms with van der Waals surface area (Å²) < 4.78 is 15.3. The molecule has 1 unspecified atom stereocenters. The van der Waals surface area contributed by atoms with Gasteiger partial charge in [0.15, 0.2) is 5.96 Å². The molecule has 11 nitrogen and oxygen atoms in total. The van der Waals surface area contributed by atoms with Crippen LogP contribution in [0.5, 0.6) is 5.75 Å². The normalized spacial score (nSPS) is 11.2. The van der Waals surface area contributed by atoms with Crippen LogP contribution in [0.4, 0.5) is 16.2 Å². The maximum Gasteiger partial charge on any atom is 0.408 e. The van der Waals surface area contributed by atoms with Crippen LogP contribution in [-0.2, 0) is 20.7 Å². The Hall–Kier alpha value is -4.28. The van der Waals surface area contributed by atoms with Crippen molar-refractivity contribution in [3.8, 4) is 5.75 Å². The fraction of sp³-hybridized carbons (Fsp3) is 0.304. The van der Waals surface area contributed by atoms with Crippen molar-refractivity contribution in [2.24, 2.45) is 16.5 Å². The van der Waals surface area contributed by atoms with E-state index in [1.165, 1.54) is 14.2 Å². The van der Waals surface area contributed by atoms with Gasteiger partial charge in [0.05, 0.1) is 26.0 Å². The predicted octanol–water partition coefficient (Wildman–Crippen LogP) is 2.07. The minimum Gasteiger partial charge on any atom is -0.496 e. The van der Waals surface area contributed by atoms with E-state index in [1.807, 2.05) is 0 Å². The van der Waals surface area contributed by atoms with Gasteiger partial charge in [-0.2, -0.15) is 0 Å². The minimum absolute atomic E-state index is 0.0812. The summed E-state index contributed by atoms with van der Waals surface area (Å²) in [6.07, 6.45) is -1.01. The molecule has 34 heavy (non-hydrogen) atoms. The first-order valence-corrected chi connectivity index (χ1v) is 10.4. The second-order valence-corrected chi connectivity index (χ2v) is 7.45. The number of nitrogens with zero attached hydrogens (tertiary/aromatic N) is 1. The molecule has 0 saturated heterocycles. The molecular formula is C23H29N5O6. The summed E-state index contributed by atoms with van der Waals surface area (Å²) in [4.78, 5) is 40.8. The smallest absolute Gasteiger partial charge is 0.408 e. The predicted molar refractivity (Wildman–Crippen MR) is 127 cm³/mol. The van der Waals surface area contributed by atoms with Gasteiger partial charge >= 0.3 is 12.1 Å². The zero-order chi connectivity index (χ0) is 25.3. The highest BCUT2D eigenvalue weighted by Gasteiger charge is 2.25. The van der Waals surface area contributed by atoms with Crippen LogP contribution in [0.1, 0.15) is 29.8 Å². The summed E-state index contributed by atoms with van der Waals surface area (Å²) in [5.74, 6) is -0.733. The Bertz CT molecular complexity index is 1070. The first kappa shape index (κ1) is 26.0.